The Morgan fingerprint density at radius 3 is 2.19 bits per heavy atom. The van der Waals surface area contributed by atoms with E-state index in [1.807, 2.05) is 54.7 Å². The fraction of sp³-hybridized carbons (Fsp3) is 0. The summed E-state index contributed by atoms with van der Waals surface area (Å²) in [4.78, 5) is 4.38. The van der Waals surface area contributed by atoms with Crippen molar-refractivity contribution in [2.45, 2.75) is 0 Å². The van der Waals surface area contributed by atoms with Gasteiger partial charge in [-0.15, -0.1) is 0 Å². The lowest BCUT2D eigenvalue weighted by Gasteiger charge is -1.95. The summed E-state index contributed by atoms with van der Waals surface area (Å²) in [5.41, 5.74) is 2.00. The second-order valence-electron chi connectivity index (χ2n) is 3.29. The van der Waals surface area contributed by atoms with Gasteiger partial charge in [-0.3, -0.25) is 4.99 Å². The fourth-order valence-electron chi connectivity index (χ4n) is 1.23. The third-order valence-corrected chi connectivity index (χ3v) is 3.03. The highest BCUT2D eigenvalue weighted by Gasteiger charge is 1.90. The summed E-state index contributed by atoms with van der Waals surface area (Å²) in [5.74, 6) is 0. The van der Waals surface area contributed by atoms with Crippen molar-refractivity contribution in [3.63, 3.8) is 0 Å². The van der Waals surface area contributed by atoms with Crippen LogP contribution in [-0.4, -0.2) is 6.21 Å². The van der Waals surface area contributed by atoms with Crippen molar-refractivity contribution in [3.8, 4) is 0 Å². The topological polar surface area (TPSA) is 12.4 Å². The predicted molar refractivity (Wildman–Crippen MR) is 77.9 cm³/mol. The Morgan fingerprint density at radius 2 is 1.56 bits per heavy atom. The van der Waals surface area contributed by atoms with Crippen molar-refractivity contribution in [2.75, 3.05) is 0 Å². The van der Waals surface area contributed by atoms with Gasteiger partial charge in [-0.25, -0.2) is 0 Å². The van der Waals surface area contributed by atoms with Crippen LogP contribution in [0.25, 0.3) is 0 Å². The smallest absolute Gasteiger partial charge is 0.0630 e. The van der Waals surface area contributed by atoms with Gasteiger partial charge in [-0.05, 0) is 64.6 Å². The zero-order valence-electron chi connectivity index (χ0n) is 8.40. The molecule has 80 valence electrons. The maximum atomic E-state index is 5.80. The van der Waals surface area contributed by atoms with Crippen LogP contribution in [0.2, 0.25) is 5.02 Å². The summed E-state index contributed by atoms with van der Waals surface area (Å²) in [6.45, 7) is 0. The molecule has 0 saturated carbocycles. The Kier molecular flexibility index (Phi) is 3.96. The predicted octanol–water partition coefficient (Wildman–Crippen LogP) is 4.70. The van der Waals surface area contributed by atoms with Crippen molar-refractivity contribution < 1.29 is 0 Å². The van der Waals surface area contributed by atoms with Crippen LogP contribution in [0, 0.1) is 3.57 Å². The SMILES string of the molecule is Clc1ccc(C=Nc2ccc(I)cc2)cc1. The molecule has 0 amide bonds. The van der Waals surface area contributed by atoms with Crippen molar-refractivity contribution >= 4 is 46.1 Å². The lowest BCUT2D eigenvalue weighted by Crippen LogP contribution is -1.78. The zero-order valence-corrected chi connectivity index (χ0v) is 11.3. The zero-order chi connectivity index (χ0) is 11.4. The van der Waals surface area contributed by atoms with Crippen LogP contribution in [0.5, 0.6) is 0 Å². The molecule has 0 atom stereocenters. The highest BCUT2D eigenvalue weighted by Crippen LogP contribution is 2.14. The number of hydrogen-bond acceptors (Lipinski definition) is 1. The van der Waals surface area contributed by atoms with Gasteiger partial charge in [0.2, 0.25) is 0 Å². The summed E-state index contributed by atoms with van der Waals surface area (Å²) in [6, 6.07) is 15.7. The number of rotatable bonds is 2. The van der Waals surface area contributed by atoms with Gasteiger partial charge in [0.25, 0.3) is 0 Å². The normalized spacial score (nSPS) is 10.9. The minimum atomic E-state index is 0.742. The number of halogens is 2. The quantitative estimate of drug-likeness (QED) is 0.555. The third kappa shape index (κ3) is 3.32. The number of nitrogens with zero attached hydrogens (tertiary/aromatic N) is 1. The molecule has 0 unspecified atom stereocenters. The molecule has 0 heterocycles. The Labute approximate surface area is 113 Å². The number of hydrogen-bond donors (Lipinski definition) is 0. The fourth-order valence-corrected chi connectivity index (χ4v) is 1.71. The molecular formula is C13H9ClIN. The van der Waals surface area contributed by atoms with Gasteiger partial charge in [0.1, 0.15) is 0 Å². The van der Waals surface area contributed by atoms with Gasteiger partial charge in [0.05, 0.1) is 5.69 Å². The molecule has 2 aromatic rings. The average Bonchev–Trinajstić information content (AvgIpc) is 2.30. The lowest BCUT2D eigenvalue weighted by atomic mass is 10.2. The average molecular weight is 342 g/mol. The Hall–Kier alpha value is -0.870. The second kappa shape index (κ2) is 5.46. The highest BCUT2D eigenvalue weighted by molar-refractivity contribution is 14.1. The molecule has 0 bridgehead atoms. The molecule has 2 rings (SSSR count). The molecule has 0 fully saturated rings. The highest BCUT2D eigenvalue weighted by atomic mass is 127. The van der Waals surface area contributed by atoms with Crippen molar-refractivity contribution in [1.82, 2.24) is 0 Å². The van der Waals surface area contributed by atoms with Crippen LogP contribution in [0.15, 0.2) is 53.5 Å². The molecular weight excluding hydrogens is 333 g/mol. The Morgan fingerprint density at radius 1 is 0.938 bits per heavy atom. The maximum Gasteiger partial charge on any atom is 0.0630 e. The summed E-state index contributed by atoms with van der Waals surface area (Å²) in [6.07, 6.45) is 1.83. The van der Waals surface area contributed by atoms with E-state index in [1.54, 1.807) is 0 Å². The molecule has 2 aromatic carbocycles. The van der Waals surface area contributed by atoms with E-state index in [-0.39, 0.29) is 0 Å². The van der Waals surface area contributed by atoms with E-state index in [0.29, 0.717) is 0 Å². The second-order valence-corrected chi connectivity index (χ2v) is 4.97. The van der Waals surface area contributed by atoms with Gasteiger partial charge >= 0.3 is 0 Å². The van der Waals surface area contributed by atoms with E-state index in [2.05, 4.69) is 27.6 Å². The molecule has 0 aliphatic rings. The maximum absolute atomic E-state index is 5.80. The van der Waals surface area contributed by atoms with E-state index in [4.69, 9.17) is 11.6 Å². The van der Waals surface area contributed by atoms with E-state index < -0.39 is 0 Å². The van der Waals surface area contributed by atoms with Gasteiger partial charge in [-0.1, -0.05) is 23.7 Å². The molecule has 1 nitrogen and oxygen atoms in total. The van der Waals surface area contributed by atoms with Crippen LogP contribution in [0.3, 0.4) is 0 Å². The largest absolute Gasteiger partial charge is 0.256 e. The first-order valence-electron chi connectivity index (χ1n) is 4.79. The third-order valence-electron chi connectivity index (χ3n) is 2.06. The van der Waals surface area contributed by atoms with Crippen molar-refractivity contribution in [2.24, 2.45) is 4.99 Å². The van der Waals surface area contributed by atoms with Crippen LogP contribution in [0.1, 0.15) is 5.56 Å². The molecule has 0 N–H and O–H groups in total. The van der Waals surface area contributed by atoms with Crippen LogP contribution >= 0.6 is 34.2 Å². The summed E-state index contributed by atoms with van der Waals surface area (Å²) >= 11 is 8.07. The summed E-state index contributed by atoms with van der Waals surface area (Å²) < 4.78 is 1.21. The number of aliphatic imine (C=N–C) groups is 1. The Balaban J connectivity index is 2.15. The molecule has 16 heavy (non-hydrogen) atoms. The van der Waals surface area contributed by atoms with Gasteiger partial charge in [-0.2, -0.15) is 0 Å². The van der Waals surface area contributed by atoms with Crippen molar-refractivity contribution in [1.29, 1.82) is 0 Å². The summed E-state index contributed by atoms with van der Waals surface area (Å²) in [5, 5.41) is 0.742. The van der Waals surface area contributed by atoms with Crippen molar-refractivity contribution in [3.05, 3.63) is 62.7 Å². The van der Waals surface area contributed by atoms with E-state index in [9.17, 15) is 0 Å². The molecule has 0 aliphatic heterocycles. The molecule has 3 heteroatoms. The monoisotopic (exact) mass is 341 g/mol. The molecule has 0 radical (unpaired) electrons. The first kappa shape index (κ1) is 11.6. The standard InChI is InChI=1S/C13H9ClIN/c14-11-3-1-10(2-4-11)9-16-13-7-5-12(15)6-8-13/h1-9H. The minimum absolute atomic E-state index is 0.742. The summed E-state index contributed by atoms with van der Waals surface area (Å²) in [7, 11) is 0. The van der Waals surface area contributed by atoms with E-state index in [1.165, 1.54) is 3.57 Å². The van der Waals surface area contributed by atoms with Gasteiger partial charge in [0, 0.05) is 14.8 Å². The van der Waals surface area contributed by atoms with E-state index >= 15 is 0 Å². The first-order valence-corrected chi connectivity index (χ1v) is 6.25. The van der Waals surface area contributed by atoms with Gasteiger partial charge in [0.15, 0.2) is 0 Å². The molecule has 0 spiro atoms. The van der Waals surface area contributed by atoms with E-state index in [0.717, 1.165) is 16.3 Å². The minimum Gasteiger partial charge on any atom is -0.256 e. The first-order chi connectivity index (χ1) is 7.74. The number of benzene rings is 2. The molecule has 0 saturated heterocycles. The van der Waals surface area contributed by atoms with Crippen LogP contribution in [-0.2, 0) is 0 Å². The van der Waals surface area contributed by atoms with Crippen LogP contribution in [0.4, 0.5) is 5.69 Å². The molecule has 0 aromatic heterocycles. The van der Waals surface area contributed by atoms with Gasteiger partial charge < -0.3 is 0 Å². The molecule has 0 aliphatic carbocycles. The Bertz CT molecular complexity index is 441. The van der Waals surface area contributed by atoms with Crippen LogP contribution < -0.4 is 0 Å². The lowest BCUT2D eigenvalue weighted by molar-refractivity contribution is 1.51.